The van der Waals surface area contributed by atoms with Crippen molar-refractivity contribution < 1.29 is 4.79 Å². The lowest BCUT2D eigenvalue weighted by Gasteiger charge is -2.08. The van der Waals surface area contributed by atoms with E-state index in [1.165, 1.54) is 0 Å². The first kappa shape index (κ1) is 12.3. The Bertz CT molecular complexity index is 366. The molecule has 1 rings (SSSR count). The largest absolute Gasteiger partial charge is 0.351 e. The molecule has 1 aromatic rings. The number of rotatable bonds is 3. The van der Waals surface area contributed by atoms with Crippen molar-refractivity contribution in [1.82, 2.24) is 5.32 Å². The van der Waals surface area contributed by atoms with Gasteiger partial charge in [-0.15, -0.1) is 0 Å². The molecular weight excluding hydrogens is 235 g/mol. The van der Waals surface area contributed by atoms with Crippen LogP contribution in [-0.4, -0.2) is 11.9 Å². The maximum absolute atomic E-state index is 11.2. The number of halogens is 2. The minimum atomic E-state index is -0.507. The number of nitrogens with two attached hydrogens (primary N) is 1. The standard InChI is InChI=1S/C10H12Cl2N2O/c1-6(13)10(15)14-5-7-2-3-8(11)9(12)4-7/h2-4,6H,5,13H2,1H3,(H,14,15). The van der Waals surface area contributed by atoms with Crippen LogP contribution in [0.1, 0.15) is 12.5 Å². The molecule has 0 aliphatic rings. The van der Waals surface area contributed by atoms with Crippen molar-refractivity contribution in [1.29, 1.82) is 0 Å². The van der Waals surface area contributed by atoms with Gasteiger partial charge in [-0.2, -0.15) is 0 Å². The third kappa shape index (κ3) is 3.70. The maximum atomic E-state index is 11.2. The minimum absolute atomic E-state index is 0.193. The lowest BCUT2D eigenvalue weighted by molar-refractivity contribution is -0.122. The van der Waals surface area contributed by atoms with Gasteiger partial charge in [-0.25, -0.2) is 0 Å². The highest BCUT2D eigenvalue weighted by Crippen LogP contribution is 2.22. The average molecular weight is 247 g/mol. The van der Waals surface area contributed by atoms with Crippen molar-refractivity contribution in [3.63, 3.8) is 0 Å². The van der Waals surface area contributed by atoms with Crippen LogP contribution in [0.3, 0.4) is 0 Å². The number of carbonyl (C=O) groups is 1. The molecule has 15 heavy (non-hydrogen) atoms. The molecule has 0 aromatic heterocycles. The van der Waals surface area contributed by atoms with Crippen molar-refractivity contribution in [2.24, 2.45) is 5.73 Å². The fourth-order valence-electron chi connectivity index (χ4n) is 1.000. The lowest BCUT2D eigenvalue weighted by Crippen LogP contribution is -2.37. The molecule has 0 fully saturated rings. The number of nitrogens with one attached hydrogen (secondary N) is 1. The highest BCUT2D eigenvalue weighted by Gasteiger charge is 2.06. The van der Waals surface area contributed by atoms with Crippen LogP contribution in [0.4, 0.5) is 0 Å². The van der Waals surface area contributed by atoms with E-state index in [0.29, 0.717) is 16.6 Å². The molecule has 3 N–H and O–H groups in total. The van der Waals surface area contributed by atoms with Gasteiger partial charge < -0.3 is 11.1 Å². The summed E-state index contributed by atoms with van der Waals surface area (Å²) < 4.78 is 0. The minimum Gasteiger partial charge on any atom is -0.351 e. The molecule has 82 valence electrons. The fraction of sp³-hybridized carbons (Fsp3) is 0.300. The second kappa shape index (κ2) is 5.35. The molecule has 0 aliphatic heterocycles. The summed E-state index contributed by atoms with van der Waals surface area (Å²) in [6, 6.07) is 4.70. The highest BCUT2D eigenvalue weighted by molar-refractivity contribution is 6.42. The van der Waals surface area contributed by atoms with Crippen molar-refractivity contribution in [2.75, 3.05) is 0 Å². The van der Waals surface area contributed by atoms with Crippen LogP contribution < -0.4 is 11.1 Å². The van der Waals surface area contributed by atoms with Crippen LogP contribution in [0.15, 0.2) is 18.2 Å². The van der Waals surface area contributed by atoms with E-state index in [1.54, 1.807) is 25.1 Å². The molecule has 0 heterocycles. The van der Waals surface area contributed by atoms with E-state index in [9.17, 15) is 4.79 Å². The van der Waals surface area contributed by atoms with E-state index >= 15 is 0 Å². The Morgan fingerprint density at radius 2 is 2.13 bits per heavy atom. The molecule has 1 aromatic carbocycles. The van der Waals surface area contributed by atoms with E-state index in [0.717, 1.165) is 5.56 Å². The van der Waals surface area contributed by atoms with Crippen molar-refractivity contribution in [3.05, 3.63) is 33.8 Å². The van der Waals surface area contributed by atoms with Gasteiger partial charge in [-0.1, -0.05) is 29.3 Å². The van der Waals surface area contributed by atoms with E-state index < -0.39 is 6.04 Å². The van der Waals surface area contributed by atoms with Crippen molar-refractivity contribution >= 4 is 29.1 Å². The third-order valence-electron chi connectivity index (χ3n) is 1.86. The molecule has 0 aliphatic carbocycles. The molecule has 5 heteroatoms. The van der Waals surface area contributed by atoms with Gasteiger partial charge in [-0.05, 0) is 24.6 Å². The van der Waals surface area contributed by atoms with Crippen molar-refractivity contribution in [2.45, 2.75) is 19.5 Å². The zero-order valence-electron chi connectivity index (χ0n) is 8.26. The maximum Gasteiger partial charge on any atom is 0.236 e. The van der Waals surface area contributed by atoms with Gasteiger partial charge in [0.1, 0.15) is 0 Å². The zero-order valence-corrected chi connectivity index (χ0v) is 9.77. The summed E-state index contributed by atoms with van der Waals surface area (Å²) >= 11 is 11.6. The van der Waals surface area contributed by atoms with Crippen LogP contribution in [0.5, 0.6) is 0 Å². The number of benzene rings is 1. The summed E-state index contributed by atoms with van der Waals surface area (Å²) in [7, 11) is 0. The number of amides is 1. The van der Waals surface area contributed by atoms with Gasteiger partial charge in [0.05, 0.1) is 16.1 Å². The van der Waals surface area contributed by atoms with Crippen LogP contribution in [-0.2, 0) is 11.3 Å². The van der Waals surface area contributed by atoms with Gasteiger partial charge in [0.25, 0.3) is 0 Å². The molecule has 1 unspecified atom stereocenters. The number of carbonyl (C=O) groups excluding carboxylic acids is 1. The molecular formula is C10H12Cl2N2O. The smallest absolute Gasteiger partial charge is 0.236 e. The van der Waals surface area contributed by atoms with Gasteiger partial charge in [0.2, 0.25) is 5.91 Å². The summed E-state index contributed by atoms with van der Waals surface area (Å²) in [4.78, 5) is 11.2. The molecule has 3 nitrogen and oxygen atoms in total. The Kier molecular flexibility index (Phi) is 4.39. The normalized spacial score (nSPS) is 12.3. The Labute approximate surface area is 98.5 Å². The molecule has 0 saturated heterocycles. The second-order valence-electron chi connectivity index (χ2n) is 3.25. The summed E-state index contributed by atoms with van der Waals surface area (Å²) in [5, 5.41) is 3.65. The molecule has 0 spiro atoms. The van der Waals surface area contributed by atoms with Gasteiger partial charge >= 0.3 is 0 Å². The predicted molar refractivity (Wildman–Crippen MR) is 62.0 cm³/mol. The lowest BCUT2D eigenvalue weighted by atomic mass is 10.2. The Morgan fingerprint density at radius 1 is 1.47 bits per heavy atom. The van der Waals surface area contributed by atoms with Crippen LogP contribution in [0, 0.1) is 0 Å². The predicted octanol–water partition coefficient (Wildman–Crippen LogP) is 1.96. The average Bonchev–Trinajstić information content (AvgIpc) is 2.19. The summed E-state index contributed by atoms with van der Waals surface area (Å²) in [6.07, 6.45) is 0. The number of hydrogen-bond donors (Lipinski definition) is 2. The van der Waals surface area contributed by atoms with E-state index in [2.05, 4.69) is 5.32 Å². The highest BCUT2D eigenvalue weighted by atomic mass is 35.5. The van der Waals surface area contributed by atoms with Crippen LogP contribution in [0.2, 0.25) is 10.0 Å². The Morgan fingerprint density at radius 3 is 2.67 bits per heavy atom. The molecule has 1 atom stereocenters. The topological polar surface area (TPSA) is 55.1 Å². The third-order valence-corrected chi connectivity index (χ3v) is 2.60. The van der Waals surface area contributed by atoms with E-state index in [-0.39, 0.29) is 5.91 Å². The zero-order chi connectivity index (χ0) is 11.4. The Balaban J connectivity index is 2.58. The molecule has 0 saturated carbocycles. The Hall–Kier alpha value is -0.770. The van der Waals surface area contributed by atoms with Gasteiger partial charge in [0, 0.05) is 6.54 Å². The van der Waals surface area contributed by atoms with Crippen molar-refractivity contribution in [3.8, 4) is 0 Å². The first-order valence-corrected chi connectivity index (χ1v) is 5.23. The summed E-state index contributed by atoms with van der Waals surface area (Å²) in [5.74, 6) is -0.193. The molecule has 1 amide bonds. The number of hydrogen-bond acceptors (Lipinski definition) is 2. The van der Waals surface area contributed by atoms with Crippen LogP contribution in [0.25, 0.3) is 0 Å². The summed E-state index contributed by atoms with van der Waals surface area (Å²) in [5.41, 5.74) is 6.28. The van der Waals surface area contributed by atoms with Gasteiger partial charge in [0.15, 0.2) is 0 Å². The first-order chi connectivity index (χ1) is 7.00. The monoisotopic (exact) mass is 246 g/mol. The second-order valence-corrected chi connectivity index (χ2v) is 4.07. The SMILES string of the molecule is CC(N)C(=O)NCc1ccc(Cl)c(Cl)c1. The van der Waals surface area contributed by atoms with E-state index in [1.807, 2.05) is 0 Å². The molecule has 0 radical (unpaired) electrons. The quantitative estimate of drug-likeness (QED) is 0.857. The fourth-order valence-corrected chi connectivity index (χ4v) is 1.32. The first-order valence-electron chi connectivity index (χ1n) is 4.48. The summed E-state index contributed by atoms with van der Waals surface area (Å²) in [6.45, 7) is 2.03. The van der Waals surface area contributed by atoms with Crippen LogP contribution >= 0.6 is 23.2 Å². The molecule has 0 bridgehead atoms. The van der Waals surface area contributed by atoms with E-state index in [4.69, 9.17) is 28.9 Å². The van der Waals surface area contributed by atoms with Gasteiger partial charge in [-0.3, -0.25) is 4.79 Å².